The quantitative estimate of drug-likeness (QED) is 0.745. The summed E-state index contributed by atoms with van der Waals surface area (Å²) in [5.74, 6) is -0.538. The van der Waals surface area contributed by atoms with Gasteiger partial charge in [0.1, 0.15) is 11.4 Å². The molecule has 3 rings (SSSR count). The molecule has 146 valence electrons. The van der Waals surface area contributed by atoms with E-state index in [2.05, 4.69) is 5.32 Å². The molecule has 1 spiro atoms. The molecule has 1 aromatic carbocycles. The van der Waals surface area contributed by atoms with Gasteiger partial charge in [0.25, 0.3) is 5.91 Å². The Morgan fingerprint density at radius 2 is 2.04 bits per heavy atom. The second-order valence-electron chi connectivity index (χ2n) is 7.32. The van der Waals surface area contributed by atoms with E-state index in [0.29, 0.717) is 32.4 Å². The Hall–Kier alpha value is -2.44. The second-order valence-corrected chi connectivity index (χ2v) is 7.32. The first-order valence-electron chi connectivity index (χ1n) is 9.61. The molecule has 1 aromatic rings. The lowest BCUT2D eigenvalue weighted by atomic mass is 9.98. The molecule has 0 radical (unpaired) electrons. The smallest absolute Gasteiger partial charge is 0.325 e. The van der Waals surface area contributed by atoms with Crippen molar-refractivity contribution in [2.24, 2.45) is 0 Å². The van der Waals surface area contributed by atoms with Gasteiger partial charge in [-0.1, -0.05) is 25.0 Å². The maximum Gasteiger partial charge on any atom is 0.325 e. The van der Waals surface area contributed by atoms with E-state index in [1.54, 1.807) is 17.0 Å². The van der Waals surface area contributed by atoms with Crippen molar-refractivity contribution in [3.05, 3.63) is 35.6 Å². The van der Waals surface area contributed by atoms with Gasteiger partial charge in [0, 0.05) is 26.1 Å². The Kier molecular flexibility index (Phi) is 5.77. The van der Waals surface area contributed by atoms with Gasteiger partial charge in [-0.25, -0.2) is 9.18 Å². The maximum atomic E-state index is 13.3. The molecular weight excluding hydrogens is 349 g/mol. The molecule has 7 heteroatoms. The third kappa shape index (κ3) is 4.12. The van der Waals surface area contributed by atoms with Gasteiger partial charge in [-0.2, -0.15) is 0 Å². The third-order valence-corrected chi connectivity index (χ3v) is 5.47. The van der Waals surface area contributed by atoms with Gasteiger partial charge in [0.05, 0.1) is 0 Å². The van der Waals surface area contributed by atoms with Crippen molar-refractivity contribution < 1.29 is 18.8 Å². The molecule has 0 unspecified atom stereocenters. The minimum Gasteiger partial charge on any atom is -0.339 e. The second kappa shape index (κ2) is 8.06. The minimum atomic E-state index is -0.700. The highest BCUT2D eigenvalue weighted by molar-refractivity contribution is 6.07. The fourth-order valence-electron chi connectivity index (χ4n) is 3.98. The monoisotopic (exact) mass is 375 g/mol. The summed E-state index contributed by atoms with van der Waals surface area (Å²) in [5.41, 5.74) is 0.0379. The highest BCUT2D eigenvalue weighted by Crippen LogP contribution is 2.35. The van der Waals surface area contributed by atoms with E-state index < -0.39 is 5.54 Å². The first kappa shape index (κ1) is 19.3. The lowest BCUT2D eigenvalue weighted by Gasteiger charge is -2.22. The number of rotatable bonds is 7. The Bertz CT molecular complexity index is 731. The van der Waals surface area contributed by atoms with Gasteiger partial charge in [0.15, 0.2) is 0 Å². The predicted octanol–water partition coefficient (Wildman–Crippen LogP) is 2.82. The maximum absolute atomic E-state index is 13.3. The normalized spacial score (nSPS) is 18.2. The van der Waals surface area contributed by atoms with Gasteiger partial charge in [-0.05, 0) is 43.9 Å². The standard InChI is InChI=1S/C20H26FN3O3/c1-2-23(14-15-7-5-8-16(21)13-15)17(25)9-6-12-24-18(26)20(22-19(24)27)10-3-4-11-20/h5,7-8,13H,2-4,6,9-12,14H2,1H3,(H,22,27). The molecule has 0 bridgehead atoms. The highest BCUT2D eigenvalue weighted by Gasteiger charge is 2.52. The number of benzene rings is 1. The Labute approximate surface area is 158 Å². The largest absolute Gasteiger partial charge is 0.339 e. The summed E-state index contributed by atoms with van der Waals surface area (Å²) >= 11 is 0. The molecule has 6 nitrogen and oxygen atoms in total. The van der Waals surface area contributed by atoms with Gasteiger partial charge in [-0.3, -0.25) is 14.5 Å². The fraction of sp³-hybridized carbons (Fsp3) is 0.550. The van der Waals surface area contributed by atoms with Gasteiger partial charge in [-0.15, -0.1) is 0 Å². The first-order valence-corrected chi connectivity index (χ1v) is 9.61. The topological polar surface area (TPSA) is 69.7 Å². The highest BCUT2D eigenvalue weighted by atomic mass is 19.1. The zero-order valence-corrected chi connectivity index (χ0v) is 15.7. The zero-order valence-electron chi connectivity index (χ0n) is 15.7. The molecule has 1 aliphatic heterocycles. The first-order chi connectivity index (χ1) is 12.9. The number of amides is 4. The predicted molar refractivity (Wildman–Crippen MR) is 98.2 cm³/mol. The van der Waals surface area contributed by atoms with E-state index in [1.807, 2.05) is 6.92 Å². The number of hydrogen-bond donors (Lipinski definition) is 1. The van der Waals surface area contributed by atoms with Crippen LogP contribution in [-0.2, 0) is 16.1 Å². The summed E-state index contributed by atoms with van der Waals surface area (Å²) in [7, 11) is 0. The average Bonchev–Trinajstić information content (AvgIpc) is 3.20. The van der Waals surface area contributed by atoms with Crippen LogP contribution in [0.15, 0.2) is 24.3 Å². The van der Waals surface area contributed by atoms with Crippen molar-refractivity contribution in [3.8, 4) is 0 Å². The van der Waals surface area contributed by atoms with Crippen molar-refractivity contribution in [1.29, 1.82) is 0 Å². The summed E-state index contributed by atoms with van der Waals surface area (Å²) in [6.07, 6.45) is 3.96. The fourth-order valence-corrected chi connectivity index (χ4v) is 3.98. The van der Waals surface area contributed by atoms with Crippen LogP contribution < -0.4 is 5.32 Å². The van der Waals surface area contributed by atoms with Crippen LogP contribution in [0.4, 0.5) is 9.18 Å². The van der Waals surface area contributed by atoms with Crippen molar-refractivity contribution in [3.63, 3.8) is 0 Å². The van der Waals surface area contributed by atoms with E-state index in [0.717, 1.165) is 18.4 Å². The van der Waals surface area contributed by atoms with Crippen LogP contribution in [0, 0.1) is 5.82 Å². The van der Waals surface area contributed by atoms with Crippen molar-refractivity contribution in [2.75, 3.05) is 13.1 Å². The lowest BCUT2D eigenvalue weighted by Crippen LogP contribution is -2.44. The number of carbonyl (C=O) groups is 3. The molecule has 0 atom stereocenters. The molecule has 1 N–H and O–H groups in total. The van der Waals surface area contributed by atoms with Crippen LogP contribution in [0.3, 0.4) is 0 Å². The third-order valence-electron chi connectivity index (χ3n) is 5.47. The van der Waals surface area contributed by atoms with Crippen molar-refractivity contribution >= 4 is 17.8 Å². The van der Waals surface area contributed by atoms with E-state index in [4.69, 9.17) is 0 Å². The molecule has 4 amide bonds. The number of carbonyl (C=O) groups excluding carboxylic acids is 3. The summed E-state index contributed by atoms with van der Waals surface area (Å²) in [5, 5.41) is 2.85. The van der Waals surface area contributed by atoms with E-state index in [-0.39, 0.29) is 36.6 Å². The molecule has 2 aliphatic rings. The molecule has 1 heterocycles. The molecule has 2 fully saturated rings. The minimum absolute atomic E-state index is 0.0654. The van der Waals surface area contributed by atoms with Crippen molar-refractivity contribution in [2.45, 2.75) is 57.5 Å². The Morgan fingerprint density at radius 3 is 2.70 bits per heavy atom. The molecule has 1 saturated carbocycles. The van der Waals surface area contributed by atoms with Crippen LogP contribution in [0.2, 0.25) is 0 Å². The molecule has 27 heavy (non-hydrogen) atoms. The number of imide groups is 1. The summed E-state index contributed by atoms with van der Waals surface area (Å²) in [6, 6.07) is 5.86. The number of urea groups is 1. The van der Waals surface area contributed by atoms with Gasteiger partial charge < -0.3 is 10.2 Å². The van der Waals surface area contributed by atoms with E-state index >= 15 is 0 Å². The molecular formula is C20H26FN3O3. The number of hydrogen-bond acceptors (Lipinski definition) is 3. The summed E-state index contributed by atoms with van der Waals surface area (Å²) < 4.78 is 13.3. The van der Waals surface area contributed by atoms with Crippen LogP contribution in [0.25, 0.3) is 0 Å². The van der Waals surface area contributed by atoms with Crippen LogP contribution in [0.1, 0.15) is 51.0 Å². The average molecular weight is 375 g/mol. The van der Waals surface area contributed by atoms with Crippen molar-refractivity contribution in [1.82, 2.24) is 15.1 Å². The van der Waals surface area contributed by atoms with Crippen LogP contribution in [0.5, 0.6) is 0 Å². The lowest BCUT2D eigenvalue weighted by molar-refractivity contribution is -0.133. The molecule has 1 aliphatic carbocycles. The van der Waals surface area contributed by atoms with Crippen LogP contribution >= 0.6 is 0 Å². The van der Waals surface area contributed by atoms with Gasteiger partial charge in [0.2, 0.25) is 5.91 Å². The molecule has 1 saturated heterocycles. The molecule has 0 aromatic heterocycles. The number of halogens is 1. The SMILES string of the molecule is CCN(Cc1cccc(F)c1)C(=O)CCCN1C(=O)NC2(CCCC2)C1=O. The zero-order chi connectivity index (χ0) is 19.4. The van der Waals surface area contributed by atoms with Gasteiger partial charge >= 0.3 is 6.03 Å². The van der Waals surface area contributed by atoms with E-state index in [1.165, 1.54) is 17.0 Å². The Morgan fingerprint density at radius 1 is 1.30 bits per heavy atom. The number of nitrogens with one attached hydrogen (secondary N) is 1. The summed E-state index contributed by atoms with van der Waals surface area (Å²) in [6.45, 7) is 2.98. The van der Waals surface area contributed by atoms with E-state index in [9.17, 15) is 18.8 Å². The number of nitrogens with zero attached hydrogens (tertiary/aromatic N) is 2. The summed E-state index contributed by atoms with van der Waals surface area (Å²) in [4.78, 5) is 40.1. The Balaban J connectivity index is 1.51. The van der Waals surface area contributed by atoms with Crippen LogP contribution in [-0.4, -0.2) is 46.3 Å².